The molecular weight excluding hydrogens is 293 g/mol. The molecule has 0 aliphatic heterocycles. The third kappa shape index (κ3) is 2.23. The molecule has 0 amide bonds. The summed E-state index contributed by atoms with van der Waals surface area (Å²) in [6, 6.07) is 8.34. The minimum atomic E-state index is 0.125. The first-order valence-corrected chi connectivity index (χ1v) is 5.98. The number of nitriles is 1. The predicted octanol–water partition coefficient (Wildman–Crippen LogP) is 4.16. The Kier molecular flexibility index (Phi) is 3.63. The topological polar surface area (TPSA) is 62.7 Å². The van der Waals surface area contributed by atoms with E-state index in [0.717, 1.165) is 0 Å². The van der Waals surface area contributed by atoms with Crippen molar-refractivity contribution in [2.24, 2.45) is 0 Å². The lowest BCUT2D eigenvalue weighted by Gasteiger charge is -2.08. The number of nitrogen functional groups attached to an aromatic ring is 1. The Labute approximate surface area is 119 Å². The molecule has 2 N–H and O–H groups in total. The fourth-order valence-corrected chi connectivity index (χ4v) is 2.18. The second-order valence-electron chi connectivity index (χ2n) is 3.46. The summed E-state index contributed by atoms with van der Waals surface area (Å²) in [5.74, 6) is 0. The monoisotopic (exact) mass is 297 g/mol. The Bertz CT molecular complexity index is 662. The average molecular weight is 299 g/mol. The van der Waals surface area contributed by atoms with Crippen LogP contribution in [0.3, 0.4) is 0 Å². The summed E-state index contributed by atoms with van der Waals surface area (Å²) in [5, 5.41) is 9.97. The summed E-state index contributed by atoms with van der Waals surface area (Å²) in [4.78, 5) is 4.11. The lowest BCUT2D eigenvalue weighted by molar-refractivity contribution is 1.27. The first-order valence-electron chi connectivity index (χ1n) is 4.85. The van der Waals surface area contributed by atoms with Gasteiger partial charge in [0.25, 0.3) is 0 Å². The van der Waals surface area contributed by atoms with Crippen LogP contribution in [0.2, 0.25) is 15.1 Å². The molecule has 18 heavy (non-hydrogen) atoms. The molecule has 90 valence electrons. The first kappa shape index (κ1) is 13.0. The zero-order chi connectivity index (χ0) is 13.3. The van der Waals surface area contributed by atoms with Gasteiger partial charge in [0.2, 0.25) is 0 Å². The van der Waals surface area contributed by atoms with Crippen LogP contribution in [0.1, 0.15) is 5.69 Å². The number of anilines is 1. The summed E-state index contributed by atoms with van der Waals surface area (Å²) in [6.07, 6.45) is 0. The van der Waals surface area contributed by atoms with Crippen molar-refractivity contribution in [3.63, 3.8) is 0 Å². The SMILES string of the molecule is N#Cc1nc(-c2c(Cl)ccc(Cl)c2Cl)ccc1N. The summed E-state index contributed by atoms with van der Waals surface area (Å²) in [5.41, 5.74) is 6.98. The van der Waals surface area contributed by atoms with Crippen molar-refractivity contribution < 1.29 is 0 Å². The van der Waals surface area contributed by atoms with E-state index in [0.29, 0.717) is 32.0 Å². The van der Waals surface area contributed by atoms with Gasteiger partial charge in [-0.05, 0) is 24.3 Å². The highest BCUT2D eigenvalue weighted by molar-refractivity contribution is 6.46. The van der Waals surface area contributed by atoms with Gasteiger partial charge in [0.05, 0.1) is 26.4 Å². The molecule has 0 saturated heterocycles. The Morgan fingerprint density at radius 3 is 2.39 bits per heavy atom. The van der Waals surface area contributed by atoms with Crippen LogP contribution in [0.15, 0.2) is 24.3 Å². The van der Waals surface area contributed by atoms with Crippen LogP contribution in [0, 0.1) is 11.3 Å². The number of rotatable bonds is 1. The van der Waals surface area contributed by atoms with Crippen molar-refractivity contribution in [2.75, 3.05) is 5.73 Å². The Morgan fingerprint density at radius 2 is 1.72 bits per heavy atom. The molecule has 3 nitrogen and oxygen atoms in total. The van der Waals surface area contributed by atoms with E-state index in [1.54, 1.807) is 24.3 Å². The zero-order valence-electron chi connectivity index (χ0n) is 8.92. The van der Waals surface area contributed by atoms with E-state index in [1.165, 1.54) is 0 Å². The molecule has 0 atom stereocenters. The van der Waals surface area contributed by atoms with E-state index in [-0.39, 0.29) is 5.69 Å². The molecule has 1 aromatic heterocycles. The molecule has 0 unspecified atom stereocenters. The van der Waals surface area contributed by atoms with Crippen LogP contribution >= 0.6 is 34.8 Å². The van der Waals surface area contributed by atoms with E-state index in [1.807, 2.05) is 6.07 Å². The molecule has 0 bridgehead atoms. The van der Waals surface area contributed by atoms with Gasteiger partial charge < -0.3 is 5.73 Å². The average Bonchev–Trinajstić information content (AvgIpc) is 2.36. The molecule has 1 heterocycles. The van der Waals surface area contributed by atoms with Gasteiger partial charge in [0, 0.05) is 5.56 Å². The maximum atomic E-state index is 8.90. The number of aromatic nitrogens is 1. The summed E-state index contributed by atoms with van der Waals surface area (Å²) >= 11 is 18.1. The maximum Gasteiger partial charge on any atom is 0.164 e. The normalized spacial score (nSPS) is 10.1. The van der Waals surface area contributed by atoms with E-state index in [4.69, 9.17) is 45.8 Å². The Morgan fingerprint density at radius 1 is 1.06 bits per heavy atom. The van der Waals surface area contributed by atoms with E-state index >= 15 is 0 Å². The Balaban J connectivity index is 2.70. The summed E-state index contributed by atoms with van der Waals surface area (Å²) in [7, 11) is 0. The fraction of sp³-hybridized carbons (Fsp3) is 0. The first-order chi connectivity index (χ1) is 8.54. The third-order valence-corrected chi connectivity index (χ3v) is 3.45. The van der Waals surface area contributed by atoms with Gasteiger partial charge in [-0.2, -0.15) is 5.26 Å². The molecule has 0 aliphatic rings. The van der Waals surface area contributed by atoms with Crippen molar-refractivity contribution >= 4 is 40.5 Å². The molecule has 2 aromatic rings. The van der Waals surface area contributed by atoms with Gasteiger partial charge in [-0.1, -0.05) is 34.8 Å². The number of hydrogen-bond acceptors (Lipinski definition) is 3. The number of halogens is 3. The number of benzene rings is 1. The van der Waals surface area contributed by atoms with Gasteiger partial charge in [0.1, 0.15) is 6.07 Å². The maximum absolute atomic E-state index is 8.90. The van der Waals surface area contributed by atoms with Crippen LogP contribution in [-0.4, -0.2) is 4.98 Å². The number of nitrogens with two attached hydrogens (primary N) is 1. The van der Waals surface area contributed by atoms with Crippen molar-refractivity contribution in [3.05, 3.63) is 45.0 Å². The van der Waals surface area contributed by atoms with Gasteiger partial charge in [-0.15, -0.1) is 0 Å². The highest BCUT2D eigenvalue weighted by Gasteiger charge is 2.14. The summed E-state index contributed by atoms with van der Waals surface area (Å²) < 4.78 is 0. The smallest absolute Gasteiger partial charge is 0.164 e. The fourth-order valence-electron chi connectivity index (χ4n) is 1.46. The number of nitrogens with zero attached hydrogens (tertiary/aromatic N) is 2. The standard InChI is InChI=1S/C12H6Cl3N3/c13-6-1-2-7(14)12(15)11(6)9-4-3-8(17)10(5-16)18-9/h1-4H,17H2. The molecule has 0 spiro atoms. The zero-order valence-corrected chi connectivity index (χ0v) is 11.2. The highest BCUT2D eigenvalue weighted by Crippen LogP contribution is 2.38. The second-order valence-corrected chi connectivity index (χ2v) is 4.66. The van der Waals surface area contributed by atoms with Gasteiger partial charge >= 0.3 is 0 Å². The van der Waals surface area contributed by atoms with Crippen LogP contribution in [0.5, 0.6) is 0 Å². The van der Waals surface area contributed by atoms with Crippen molar-refractivity contribution in [2.45, 2.75) is 0 Å². The molecular formula is C12H6Cl3N3. The van der Waals surface area contributed by atoms with Crippen LogP contribution in [0.25, 0.3) is 11.3 Å². The highest BCUT2D eigenvalue weighted by atomic mass is 35.5. The van der Waals surface area contributed by atoms with Crippen LogP contribution < -0.4 is 5.73 Å². The molecule has 0 fully saturated rings. The Hall–Kier alpha value is -1.47. The van der Waals surface area contributed by atoms with Crippen LogP contribution in [0.4, 0.5) is 5.69 Å². The van der Waals surface area contributed by atoms with Gasteiger partial charge in [-0.25, -0.2) is 4.98 Å². The number of pyridine rings is 1. The summed E-state index contributed by atoms with van der Waals surface area (Å²) in [6.45, 7) is 0. The largest absolute Gasteiger partial charge is 0.396 e. The van der Waals surface area contributed by atoms with Crippen LogP contribution in [-0.2, 0) is 0 Å². The van der Waals surface area contributed by atoms with Gasteiger partial charge in [0.15, 0.2) is 5.69 Å². The second kappa shape index (κ2) is 5.03. The predicted molar refractivity (Wildman–Crippen MR) is 73.8 cm³/mol. The van der Waals surface area contributed by atoms with E-state index < -0.39 is 0 Å². The lowest BCUT2D eigenvalue weighted by Crippen LogP contribution is -1.96. The molecule has 0 aliphatic carbocycles. The third-order valence-electron chi connectivity index (χ3n) is 2.33. The van der Waals surface area contributed by atoms with Gasteiger partial charge in [-0.3, -0.25) is 0 Å². The quantitative estimate of drug-likeness (QED) is 0.804. The minimum absolute atomic E-state index is 0.125. The number of hydrogen-bond donors (Lipinski definition) is 1. The van der Waals surface area contributed by atoms with Crippen molar-refractivity contribution in [1.82, 2.24) is 4.98 Å². The molecule has 6 heteroatoms. The molecule has 1 aromatic carbocycles. The van der Waals surface area contributed by atoms with Crippen molar-refractivity contribution in [3.8, 4) is 17.3 Å². The van der Waals surface area contributed by atoms with E-state index in [2.05, 4.69) is 4.98 Å². The molecule has 0 radical (unpaired) electrons. The van der Waals surface area contributed by atoms with Crippen molar-refractivity contribution in [1.29, 1.82) is 5.26 Å². The minimum Gasteiger partial charge on any atom is -0.396 e. The molecule has 2 rings (SSSR count). The lowest BCUT2D eigenvalue weighted by atomic mass is 10.1. The molecule has 0 saturated carbocycles. The van der Waals surface area contributed by atoms with E-state index in [9.17, 15) is 0 Å².